The smallest absolute Gasteiger partial charge is 0.225 e. The van der Waals surface area contributed by atoms with Gasteiger partial charge < -0.3 is 14.7 Å². The van der Waals surface area contributed by atoms with Crippen LogP contribution in [0.25, 0.3) is 0 Å². The average molecular weight is 227 g/mol. The first-order chi connectivity index (χ1) is 7.41. The summed E-state index contributed by atoms with van der Waals surface area (Å²) in [5.41, 5.74) is 0. The molecule has 0 aliphatic carbocycles. The first kappa shape index (κ1) is 13.5. The van der Waals surface area contributed by atoms with Crippen LogP contribution in [0, 0.1) is 5.92 Å². The highest BCUT2D eigenvalue weighted by Gasteiger charge is 2.30. The Morgan fingerprint density at radius 2 is 2.00 bits per heavy atom. The van der Waals surface area contributed by atoms with Crippen LogP contribution in [0.4, 0.5) is 0 Å². The van der Waals surface area contributed by atoms with Crippen molar-refractivity contribution in [2.45, 2.75) is 19.9 Å². The second kappa shape index (κ2) is 5.64. The molecule has 4 nitrogen and oxygen atoms in total. The summed E-state index contributed by atoms with van der Waals surface area (Å²) < 4.78 is 0. The van der Waals surface area contributed by atoms with Gasteiger partial charge in [0, 0.05) is 32.1 Å². The van der Waals surface area contributed by atoms with Gasteiger partial charge in [0.25, 0.3) is 0 Å². The van der Waals surface area contributed by atoms with E-state index in [1.807, 2.05) is 13.8 Å². The van der Waals surface area contributed by atoms with Gasteiger partial charge in [-0.25, -0.2) is 0 Å². The third-order valence-electron chi connectivity index (χ3n) is 3.04. The largest absolute Gasteiger partial charge is 0.336 e. The van der Waals surface area contributed by atoms with E-state index in [0.717, 1.165) is 26.2 Å². The van der Waals surface area contributed by atoms with Crippen molar-refractivity contribution < 1.29 is 4.79 Å². The van der Waals surface area contributed by atoms with Crippen molar-refractivity contribution in [3.8, 4) is 0 Å². The van der Waals surface area contributed by atoms with Crippen LogP contribution >= 0.6 is 0 Å². The highest BCUT2D eigenvalue weighted by atomic mass is 16.2. The van der Waals surface area contributed by atoms with Crippen LogP contribution in [0.15, 0.2) is 0 Å². The minimum atomic E-state index is 0.105. The van der Waals surface area contributed by atoms with E-state index in [9.17, 15) is 4.79 Å². The topological polar surface area (TPSA) is 26.8 Å². The van der Waals surface area contributed by atoms with Gasteiger partial charge in [-0.3, -0.25) is 4.79 Å². The molecule has 0 saturated carbocycles. The predicted molar refractivity (Wildman–Crippen MR) is 66.4 cm³/mol. The monoisotopic (exact) mass is 227 g/mol. The first-order valence-corrected chi connectivity index (χ1v) is 6.05. The molecule has 0 aromatic heterocycles. The third kappa shape index (κ3) is 3.46. The minimum absolute atomic E-state index is 0.105. The van der Waals surface area contributed by atoms with Crippen molar-refractivity contribution in [1.82, 2.24) is 14.7 Å². The summed E-state index contributed by atoms with van der Waals surface area (Å²) in [6.45, 7) is 7.74. The van der Waals surface area contributed by atoms with Crippen LogP contribution in [-0.2, 0) is 4.79 Å². The molecule has 1 rings (SSSR count). The molecular formula is C12H25N3O. The molecule has 16 heavy (non-hydrogen) atoms. The van der Waals surface area contributed by atoms with Crippen molar-refractivity contribution in [3.63, 3.8) is 0 Å². The SMILES string of the molecule is CC(C)C(=O)N1CCN(C)C[C@@H]1CN(C)C. The zero-order valence-corrected chi connectivity index (χ0v) is 11.2. The van der Waals surface area contributed by atoms with E-state index in [0.29, 0.717) is 11.9 Å². The molecule has 1 atom stereocenters. The summed E-state index contributed by atoms with van der Waals surface area (Å²) in [5, 5.41) is 0. The van der Waals surface area contributed by atoms with Gasteiger partial charge in [-0.2, -0.15) is 0 Å². The zero-order valence-electron chi connectivity index (χ0n) is 11.2. The minimum Gasteiger partial charge on any atom is -0.336 e. The van der Waals surface area contributed by atoms with E-state index in [1.165, 1.54) is 0 Å². The maximum Gasteiger partial charge on any atom is 0.225 e. The Morgan fingerprint density at radius 1 is 1.38 bits per heavy atom. The van der Waals surface area contributed by atoms with Crippen LogP contribution < -0.4 is 0 Å². The number of hydrogen-bond acceptors (Lipinski definition) is 3. The highest BCUT2D eigenvalue weighted by Crippen LogP contribution is 2.13. The summed E-state index contributed by atoms with van der Waals surface area (Å²) in [7, 11) is 6.25. The molecule has 1 aliphatic heterocycles. The molecule has 0 radical (unpaired) electrons. The Morgan fingerprint density at radius 3 is 2.50 bits per heavy atom. The van der Waals surface area contributed by atoms with Crippen molar-refractivity contribution >= 4 is 5.91 Å². The highest BCUT2D eigenvalue weighted by molar-refractivity contribution is 5.78. The fraction of sp³-hybridized carbons (Fsp3) is 0.917. The maximum atomic E-state index is 12.1. The number of piperazine rings is 1. The molecule has 0 spiro atoms. The Hall–Kier alpha value is -0.610. The number of amides is 1. The number of hydrogen-bond donors (Lipinski definition) is 0. The number of carbonyl (C=O) groups is 1. The van der Waals surface area contributed by atoms with Gasteiger partial charge in [0.05, 0.1) is 6.04 Å². The second-order valence-corrected chi connectivity index (χ2v) is 5.36. The van der Waals surface area contributed by atoms with Crippen molar-refractivity contribution in [2.75, 3.05) is 47.3 Å². The van der Waals surface area contributed by atoms with Crippen LogP contribution in [0.1, 0.15) is 13.8 Å². The standard InChI is InChI=1S/C12H25N3O/c1-10(2)12(16)15-7-6-14(5)9-11(15)8-13(3)4/h10-11H,6-9H2,1-5H3/t11-/m0/s1. The van der Waals surface area contributed by atoms with Gasteiger partial charge in [0.15, 0.2) is 0 Å². The van der Waals surface area contributed by atoms with Crippen LogP contribution in [0.2, 0.25) is 0 Å². The Labute approximate surface area is 99.2 Å². The quantitative estimate of drug-likeness (QED) is 0.696. The van der Waals surface area contributed by atoms with Gasteiger partial charge >= 0.3 is 0 Å². The van der Waals surface area contributed by atoms with E-state index >= 15 is 0 Å². The van der Waals surface area contributed by atoms with Gasteiger partial charge in [0.1, 0.15) is 0 Å². The van der Waals surface area contributed by atoms with E-state index in [2.05, 4.69) is 35.8 Å². The number of nitrogens with zero attached hydrogens (tertiary/aromatic N) is 3. The van der Waals surface area contributed by atoms with Gasteiger partial charge in [-0.05, 0) is 21.1 Å². The van der Waals surface area contributed by atoms with E-state index in [4.69, 9.17) is 0 Å². The molecule has 0 N–H and O–H groups in total. The van der Waals surface area contributed by atoms with Crippen molar-refractivity contribution in [2.24, 2.45) is 5.92 Å². The lowest BCUT2D eigenvalue weighted by atomic mass is 10.1. The molecule has 1 amide bonds. The van der Waals surface area contributed by atoms with Crippen LogP contribution in [-0.4, -0.2) is 74.0 Å². The summed E-state index contributed by atoms with van der Waals surface area (Å²) >= 11 is 0. The fourth-order valence-corrected chi connectivity index (χ4v) is 2.21. The summed E-state index contributed by atoms with van der Waals surface area (Å²) in [6, 6.07) is 0.337. The molecule has 1 saturated heterocycles. The van der Waals surface area contributed by atoms with Crippen LogP contribution in [0.3, 0.4) is 0 Å². The summed E-state index contributed by atoms with van der Waals surface area (Å²) in [6.07, 6.45) is 0. The number of rotatable bonds is 3. The molecule has 1 fully saturated rings. The number of carbonyl (C=O) groups excluding carboxylic acids is 1. The summed E-state index contributed by atoms with van der Waals surface area (Å²) in [5.74, 6) is 0.396. The predicted octanol–water partition coefficient (Wildman–Crippen LogP) is 0.347. The fourth-order valence-electron chi connectivity index (χ4n) is 2.21. The Kier molecular flexibility index (Phi) is 4.74. The molecule has 4 heteroatoms. The molecular weight excluding hydrogens is 202 g/mol. The molecule has 0 unspecified atom stereocenters. The molecule has 94 valence electrons. The molecule has 0 aromatic rings. The Bertz CT molecular complexity index is 238. The molecule has 1 heterocycles. The molecule has 0 aromatic carbocycles. The van der Waals surface area contributed by atoms with Gasteiger partial charge in [0.2, 0.25) is 5.91 Å². The lowest BCUT2D eigenvalue weighted by Gasteiger charge is -2.42. The van der Waals surface area contributed by atoms with Crippen molar-refractivity contribution in [1.29, 1.82) is 0 Å². The van der Waals surface area contributed by atoms with E-state index in [1.54, 1.807) is 0 Å². The first-order valence-electron chi connectivity index (χ1n) is 6.05. The van der Waals surface area contributed by atoms with Gasteiger partial charge in [-0.1, -0.05) is 13.8 Å². The van der Waals surface area contributed by atoms with Crippen molar-refractivity contribution in [3.05, 3.63) is 0 Å². The van der Waals surface area contributed by atoms with Crippen LogP contribution in [0.5, 0.6) is 0 Å². The summed E-state index contributed by atoms with van der Waals surface area (Å²) in [4.78, 5) is 18.6. The Balaban J connectivity index is 2.68. The lowest BCUT2D eigenvalue weighted by molar-refractivity contribution is -0.139. The van der Waals surface area contributed by atoms with E-state index < -0.39 is 0 Å². The zero-order chi connectivity index (χ0) is 12.3. The number of likely N-dealkylation sites (N-methyl/N-ethyl adjacent to an activating group) is 2. The van der Waals surface area contributed by atoms with Gasteiger partial charge in [-0.15, -0.1) is 0 Å². The molecule has 1 aliphatic rings. The maximum absolute atomic E-state index is 12.1. The normalized spacial score (nSPS) is 23.2. The second-order valence-electron chi connectivity index (χ2n) is 5.36. The average Bonchev–Trinajstić information content (AvgIpc) is 2.15. The third-order valence-corrected chi connectivity index (χ3v) is 3.04. The van der Waals surface area contributed by atoms with E-state index in [-0.39, 0.29) is 5.92 Å². The molecule has 0 bridgehead atoms. The lowest BCUT2D eigenvalue weighted by Crippen LogP contribution is -2.58.